The molecule has 3 heteroatoms. The lowest BCUT2D eigenvalue weighted by atomic mass is 9.84. The molecule has 0 atom stereocenters. The molecule has 78 valence electrons. The lowest BCUT2D eigenvalue weighted by Gasteiger charge is -2.26. The fourth-order valence-corrected chi connectivity index (χ4v) is 1.47. The van der Waals surface area contributed by atoms with Crippen molar-refractivity contribution in [3.63, 3.8) is 0 Å². The summed E-state index contributed by atoms with van der Waals surface area (Å²) in [5.41, 5.74) is 1.56. The van der Waals surface area contributed by atoms with E-state index in [-0.39, 0.29) is 5.41 Å². The molecule has 0 N–H and O–H groups in total. The summed E-state index contributed by atoms with van der Waals surface area (Å²) in [7, 11) is 0. The Morgan fingerprint density at radius 3 is 2.79 bits per heavy atom. The molecule has 0 unspecified atom stereocenters. The number of rotatable bonds is 3. The lowest BCUT2D eigenvalue weighted by Crippen LogP contribution is -2.31. The van der Waals surface area contributed by atoms with Crippen LogP contribution in [-0.4, -0.2) is 23.0 Å². The molecule has 0 radical (unpaired) electrons. The average Bonchev–Trinajstić information content (AvgIpc) is 2.51. The minimum Gasteiger partial charge on any atom is -0.377 e. The van der Waals surface area contributed by atoms with E-state index in [0.29, 0.717) is 6.04 Å². The van der Waals surface area contributed by atoms with Gasteiger partial charge in [0.2, 0.25) is 0 Å². The molecule has 0 bridgehead atoms. The van der Waals surface area contributed by atoms with Crippen molar-refractivity contribution < 1.29 is 4.74 Å². The van der Waals surface area contributed by atoms with Gasteiger partial charge in [-0.1, -0.05) is 20.8 Å². The maximum atomic E-state index is 5.15. The lowest BCUT2D eigenvalue weighted by molar-refractivity contribution is -0.0287. The molecule has 14 heavy (non-hydrogen) atoms. The van der Waals surface area contributed by atoms with Crippen molar-refractivity contribution in [2.24, 2.45) is 0 Å². The third kappa shape index (κ3) is 1.57. The summed E-state index contributed by atoms with van der Waals surface area (Å²) in [6.45, 7) is 8.35. The first-order valence-corrected chi connectivity index (χ1v) is 5.26. The van der Waals surface area contributed by atoms with Crippen molar-refractivity contribution in [1.82, 2.24) is 9.78 Å². The van der Waals surface area contributed by atoms with Gasteiger partial charge in [0, 0.05) is 6.20 Å². The molecule has 0 aromatic carbocycles. The van der Waals surface area contributed by atoms with E-state index in [2.05, 4.69) is 32.1 Å². The quantitative estimate of drug-likeness (QED) is 0.737. The summed E-state index contributed by atoms with van der Waals surface area (Å²) in [5.74, 6) is 0. The van der Waals surface area contributed by atoms with Gasteiger partial charge in [0.25, 0.3) is 0 Å². The van der Waals surface area contributed by atoms with E-state index in [9.17, 15) is 0 Å². The molecule has 1 fully saturated rings. The number of nitrogens with zero attached hydrogens (tertiary/aromatic N) is 2. The van der Waals surface area contributed by atoms with Crippen LogP contribution in [0.25, 0.3) is 0 Å². The summed E-state index contributed by atoms with van der Waals surface area (Å²) in [6.07, 6.45) is 5.29. The highest BCUT2D eigenvalue weighted by molar-refractivity contribution is 5.16. The van der Waals surface area contributed by atoms with Gasteiger partial charge in [0.1, 0.15) is 0 Å². The summed E-state index contributed by atoms with van der Waals surface area (Å²) in [4.78, 5) is 0. The molecule has 1 aromatic rings. The molecule has 0 amide bonds. The van der Waals surface area contributed by atoms with E-state index in [1.165, 1.54) is 5.56 Å². The van der Waals surface area contributed by atoms with Crippen molar-refractivity contribution in [3.8, 4) is 0 Å². The first kappa shape index (κ1) is 9.71. The van der Waals surface area contributed by atoms with E-state index >= 15 is 0 Å². The monoisotopic (exact) mass is 194 g/mol. The Morgan fingerprint density at radius 2 is 2.29 bits per heavy atom. The molecule has 0 aliphatic carbocycles. The Morgan fingerprint density at radius 1 is 1.57 bits per heavy atom. The number of aromatic nitrogens is 2. The fraction of sp³-hybridized carbons (Fsp3) is 0.727. The third-order valence-electron chi connectivity index (χ3n) is 3.26. The summed E-state index contributed by atoms with van der Waals surface area (Å²) >= 11 is 0. The smallest absolute Gasteiger partial charge is 0.0985 e. The third-order valence-corrected chi connectivity index (χ3v) is 3.26. The van der Waals surface area contributed by atoms with Crippen LogP contribution in [0.2, 0.25) is 0 Å². The van der Waals surface area contributed by atoms with Crippen LogP contribution in [0.15, 0.2) is 12.4 Å². The molecular weight excluding hydrogens is 176 g/mol. The van der Waals surface area contributed by atoms with Crippen LogP contribution < -0.4 is 0 Å². The van der Waals surface area contributed by atoms with Gasteiger partial charge in [-0.2, -0.15) is 5.10 Å². The molecule has 2 heterocycles. The average molecular weight is 194 g/mol. The van der Waals surface area contributed by atoms with Gasteiger partial charge in [-0.05, 0) is 17.4 Å². The first-order valence-electron chi connectivity index (χ1n) is 5.26. The van der Waals surface area contributed by atoms with Crippen LogP contribution in [0, 0.1) is 0 Å². The van der Waals surface area contributed by atoms with E-state index < -0.39 is 0 Å². The number of ether oxygens (including phenoxy) is 1. The highest BCUT2D eigenvalue weighted by atomic mass is 16.5. The van der Waals surface area contributed by atoms with Crippen molar-refractivity contribution >= 4 is 0 Å². The Hall–Kier alpha value is -0.830. The standard InChI is InChI=1S/C11H18N2O/c1-4-11(2,3)9-5-12-13(6-9)10-7-14-8-10/h5-6,10H,4,7-8H2,1-3H3. The Labute approximate surface area is 85.1 Å². The van der Waals surface area contributed by atoms with Gasteiger partial charge in [-0.3, -0.25) is 4.68 Å². The van der Waals surface area contributed by atoms with Crippen molar-refractivity contribution in [3.05, 3.63) is 18.0 Å². The number of hydrogen-bond donors (Lipinski definition) is 0. The van der Waals surface area contributed by atoms with E-state index in [0.717, 1.165) is 19.6 Å². The van der Waals surface area contributed by atoms with Crippen LogP contribution in [0.5, 0.6) is 0 Å². The van der Waals surface area contributed by atoms with Gasteiger partial charge in [0.15, 0.2) is 0 Å². The molecule has 1 aliphatic heterocycles. The Balaban J connectivity index is 2.16. The van der Waals surface area contributed by atoms with Gasteiger partial charge < -0.3 is 4.74 Å². The zero-order valence-electron chi connectivity index (χ0n) is 9.16. The summed E-state index contributed by atoms with van der Waals surface area (Å²) in [6, 6.07) is 0.469. The second-order valence-electron chi connectivity index (χ2n) is 4.64. The summed E-state index contributed by atoms with van der Waals surface area (Å²) < 4.78 is 7.19. The highest BCUT2D eigenvalue weighted by Gasteiger charge is 2.24. The zero-order chi connectivity index (χ0) is 10.2. The second-order valence-corrected chi connectivity index (χ2v) is 4.64. The van der Waals surface area contributed by atoms with Crippen LogP contribution in [-0.2, 0) is 10.2 Å². The fourth-order valence-electron chi connectivity index (χ4n) is 1.47. The first-order chi connectivity index (χ1) is 6.63. The van der Waals surface area contributed by atoms with Gasteiger partial charge in [-0.25, -0.2) is 0 Å². The SMILES string of the molecule is CCC(C)(C)c1cnn(C2COC2)c1. The minimum absolute atomic E-state index is 0.239. The molecule has 0 saturated carbocycles. The van der Waals surface area contributed by atoms with E-state index in [1.807, 2.05) is 10.9 Å². The van der Waals surface area contributed by atoms with Crippen LogP contribution in [0.4, 0.5) is 0 Å². The predicted octanol–water partition coefficient (Wildman–Crippen LogP) is 2.14. The number of hydrogen-bond acceptors (Lipinski definition) is 2. The van der Waals surface area contributed by atoms with Gasteiger partial charge in [-0.15, -0.1) is 0 Å². The largest absolute Gasteiger partial charge is 0.377 e. The molecule has 0 spiro atoms. The second kappa shape index (κ2) is 3.39. The van der Waals surface area contributed by atoms with Crippen molar-refractivity contribution in [2.45, 2.75) is 38.6 Å². The molecule has 1 aromatic heterocycles. The van der Waals surface area contributed by atoms with Crippen molar-refractivity contribution in [2.75, 3.05) is 13.2 Å². The Kier molecular flexibility index (Phi) is 2.35. The predicted molar refractivity (Wildman–Crippen MR) is 55.4 cm³/mol. The molecule has 1 saturated heterocycles. The van der Waals surface area contributed by atoms with Gasteiger partial charge in [0.05, 0.1) is 25.5 Å². The maximum absolute atomic E-state index is 5.15. The molecule has 2 rings (SSSR count). The van der Waals surface area contributed by atoms with E-state index in [4.69, 9.17) is 4.74 Å². The topological polar surface area (TPSA) is 27.1 Å². The highest BCUT2D eigenvalue weighted by Crippen LogP contribution is 2.27. The molecule has 1 aliphatic rings. The van der Waals surface area contributed by atoms with E-state index in [1.54, 1.807) is 0 Å². The van der Waals surface area contributed by atoms with Gasteiger partial charge >= 0.3 is 0 Å². The van der Waals surface area contributed by atoms with Crippen molar-refractivity contribution in [1.29, 1.82) is 0 Å². The van der Waals surface area contributed by atoms with Crippen LogP contribution in [0.1, 0.15) is 38.8 Å². The zero-order valence-corrected chi connectivity index (χ0v) is 9.16. The normalized spacial score (nSPS) is 18.2. The summed E-state index contributed by atoms with van der Waals surface area (Å²) in [5, 5.41) is 4.39. The Bertz CT molecular complexity index is 313. The molecular formula is C11H18N2O. The minimum atomic E-state index is 0.239. The molecule has 3 nitrogen and oxygen atoms in total. The maximum Gasteiger partial charge on any atom is 0.0985 e. The van der Waals surface area contributed by atoms with Crippen LogP contribution in [0.3, 0.4) is 0 Å². The van der Waals surface area contributed by atoms with Crippen LogP contribution >= 0.6 is 0 Å².